The number of halogens is 5. The van der Waals surface area contributed by atoms with E-state index in [1.807, 2.05) is 4.90 Å². The summed E-state index contributed by atoms with van der Waals surface area (Å²) in [6, 6.07) is 2.71. The van der Waals surface area contributed by atoms with Gasteiger partial charge in [0.25, 0.3) is 0 Å². The number of nitrogens with zero attached hydrogens (tertiary/aromatic N) is 2. The molecule has 0 aromatic carbocycles. The van der Waals surface area contributed by atoms with E-state index in [1.165, 1.54) is 6.20 Å². The zero-order valence-electron chi connectivity index (χ0n) is 9.41. The second kappa shape index (κ2) is 7.01. The Hall–Kier alpha value is -0.720. The lowest BCUT2D eigenvalue weighted by Gasteiger charge is -2.29. The van der Waals surface area contributed by atoms with Crippen molar-refractivity contribution in [3.8, 4) is 0 Å². The fraction of sp³-hybridized carbons (Fsp3) is 0.500. The largest absolute Gasteiger partial charge is 0.433 e. The molecule has 0 atom stereocenters. The number of anilines is 1. The predicted octanol–water partition coefficient (Wildman–Crippen LogP) is 2.35. The van der Waals surface area contributed by atoms with Crippen LogP contribution in [0.3, 0.4) is 0 Å². The number of alkyl halides is 3. The highest BCUT2D eigenvalue weighted by molar-refractivity contribution is 5.85. The molecule has 0 radical (unpaired) electrons. The van der Waals surface area contributed by atoms with Crippen LogP contribution in [0.15, 0.2) is 18.3 Å². The summed E-state index contributed by atoms with van der Waals surface area (Å²) in [5.74, 6) is 0. The Morgan fingerprint density at radius 1 is 1.17 bits per heavy atom. The molecule has 1 saturated heterocycles. The fourth-order valence-electron chi connectivity index (χ4n) is 1.69. The van der Waals surface area contributed by atoms with E-state index in [0.717, 1.165) is 32.2 Å². The molecule has 0 aliphatic carbocycles. The van der Waals surface area contributed by atoms with Crippen molar-refractivity contribution in [2.24, 2.45) is 0 Å². The van der Waals surface area contributed by atoms with Crippen LogP contribution in [0.4, 0.5) is 18.9 Å². The molecule has 0 unspecified atom stereocenters. The van der Waals surface area contributed by atoms with E-state index >= 15 is 0 Å². The molecule has 0 spiro atoms. The highest BCUT2D eigenvalue weighted by atomic mass is 35.5. The van der Waals surface area contributed by atoms with E-state index in [2.05, 4.69) is 10.3 Å². The Kier molecular flexibility index (Phi) is 6.73. The molecule has 1 aromatic rings. The summed E-state index contributed by atoms with van der Waals surface area (Å²) in [5.41, 5.74) is -0.243. The molecule has 1 aliphatic rings. The summed E-state index contributed by atoms with van der Waals surface area (Å²) in [4.78, 5) is 5.26. The van der Waals surface area contributed by atoms with Gasteiger partial charge in [-0.25, -0.2) is 0 Å². The number of hydrogen-bond donors (Lipinski definition) is 1. The number of piperazine rings is 1. The van der Waals surface area contributed by atoms with E-state index in [4.69, 9.17) is 0 Å². The molecular formula is C10H14Cl2F3N3. The number of nitrogens with one attached hydrogen (secondary N) is 1. The summed E-state index contributed by atoms with van der Waals surface area (Å²) in [7, 11) is 0. The first kappa shape index (κ1) is 17.3. The van der Waals surface area contributed by atoms with Crippen LogP contribution in [0.1, 0.15) is 5.69 Å². The van der Waals surface area contributed by atoms with Crippen LogP contribution in [0.5, 0.6) is 0 Å². The molecule has 0 saturated carbocycles. The lowest BCUT2D eigenvalue weighted by molar-refractivity contribution is -0.141. The summed E-state index contributed by atoms with van der Waals surface area (Å²) in [5, 5.41) is 3.15. The molecule has 18 heavy (non-hydrogen) atoms. The maximum atomic E-state index is 12.4. The Balaban J connectivity index is 0.00000144. The van der Waals surface area contributed by atoms with Gasteiger partial charge < -0.3 is 10.2 Å². The number of aromatic nitrogens is 1. The molecule has 0 bridgehead atoms. The summed E-state index contributed by atoms with van der Waals surface area (Å²) in [6.07, 6.45) is -3.16. The Morgan fingerprint density at radius 3 is 2.33 bits per heavy atom. The average Bonchev–Trinajstić information content (AvgIpc) is 2.29. The third kappa shape index (κ3) is 4.19. The van der Waals surface area contributed by atoms with Crippen LogP contribution in [0.25, 0.3) is 0 Å². The van der Waals surface area contributed by atoms with Gasteiger partial charge in [-0.3, -0.25) is 4.98 Å². The van der Waals surface area contributed by atoms with E-state index < -0.39 is 11.9 Å². The van der Waals surface area contributed by atoms with Crippen LogP contribution < -0.4 is 10.2 Å². The van der Waals surface area contributed by atoms with Crippen LogP contribution in [-0.2, 0) is 6.18 Å². The van der Waals surface area contributed by atoms with E-state index in [-0.39, 0.29) is 24.8 Å². The zero-order chi connectivity index (χ0) is 11.6. The van der Waals surface area contributed by atoms with Gasteiger partial charge in [-0.2, -0.15) is 13.2 Å². The minimum atomic E-state index is -4.37. The summed E-state index contributed by atoms with van der Waals surface area (Å²) >= 11 is 0. The summed E-state index contributed by atoms with van der Waals surface area (Å²) < 4.78 is 37.3. The van der Waals surface area contributed by atoms with Crippen molar-refractivity contribution in [3.05, 3.63) is 24.0 Å². The highest BCUT2D eigenvalue weighted by Gasteiger charge is 2.32. The molecule has 3 nitrogen and oxygen atoms in total. The third-order valence-corrected chi connectivity index (χ3v) is 2.52. The van der Waals surface area contributed by atoms with Crippen molar-refractivity contribution in [3.63, 3.8) is 0 Å². The molecule has 8 heteroatoms. The smallest absolute Gasteiger partial charge is 0.369 e. The zero-order valence-corrected chi connectivity index (χ0v) is 11.0. The molecule has 1 aromatic heterocycles. The lowest BCUT2D eigenvalue weighted by atomic mass is 10.2. The topological polar surface area (TPSA) is 28.2 Å². The minimum absolute atomic E-state index is 0. The first-order chi connectivity index (χ1) is 7.57. The monoisotopic (exact) mass is 303 g/mol. The predicted molar refractivity (Wildman–Crippen MR) is 68.8 cm³/mol. The molecule has 1 fully saturated rings. The molecule has 0 amide bonds. The molecule has 2 rings (SSSR count). The van der Waals surface area contributed by atoms with Gasteiger partial charge >= 0.3 is 6.18 Å². The van der Waals surface area contributed by atoms with Crippen molar-refractivity contribution in [1.82, 2.24) is 10.3 Å². The molecule has 1 aliphatic heterocycles. The van der Waals surface area contributed by atoms with Gasteiger partial charge in [-0.15, -0.1) is 24.8 Å². The lowest BCUT2D eigenvalue weighted by Crippen LogP contribution is -2.43. The Morgan fingerprint density at radius 2 is 1.78 bits per heavy atom. The van der Waals surface area contributed by atoms with Gasteiger partial charge in [0.15, 0.2) is 0 Å². The average molecular weight is 304 g/mol. The second-order valence-electron chi connectivity index (χ2n) is 3.63. The highest BCUT2D eigenvalue weighted by Crippen LogP contribution is 2.29. The number of hydrogen-bond acceptors (Lipinski definition) is 3. The van der Waals surface area contributed by atoms with Crippen LogP contribution in [0, 0.1) is 0 Å². The van der Waals surface area contributed by atoms with Crippen molar-refractivity contribution < 1.29 is 13.2 Å². The standard InChI is InChI=1S/C10H12F3N3.2ClH/c11-10(12,13)9-7-8(1-2-15-9)16-5-3-14-4-6-16;;/h1-2,7,14H,3-6H2;2*1H. The molecular weight excluding hydrogens is 290 g/mol. The van der Waals surface area contributed by atoms with E-state index in [9.17, 15) is 13.2 Å². The van der Waals surface area contributed by atoms with Crippen molar-refractivity contribution in [2.45, 2.75) is 6.18 Å². The van der Waals surface area contributed by atoms with E-state index in [0.29, 0.717) is 5.69 Å². The van der Waals surface area contributed by atoms with Gasteiger partial charge in [0.05, 0.1) is 0 Å². The third-order valence-electron chi connectivity index (χ3n) is 2.52. The van der Waals surface area contributed by atoms with Crippen LogP contribution in [0.2, 0.25) is 0 Å². The van der Waals surface area contributed by atoms with E-state index in [1.54, 1.807) is 6.07 Å². The summed E-state index contributed by atoms with van der Waals surface area (Å²) in [6.45, 7) is 3.04. The van der Waals surface area contributed by atoms with Gasteiger partial charge in [0.2, 0.25) is 0 Å². The first-order valence-corrected chi connectivity index (χ1v) is 5.06. The van der Waals surface area contributed by atoms with Gasteiger partial charge in [0.1, 0.15) is 5.69 Å². The Bertz CT molecular complexity index is 368. The Labute approximate surface area is 116 Å². The quantitative estimate of drug-likeness (QED) is 0.863. The minimum Gasteiger partial charge on any atom is -0.369 e. The first-order valence-electron chi connectivity index (χ1n) is 5.06. The van der Waals surface area contributed by atoms with Gasteiger partial charge in [-0.1, -0.05) is 0 Å². The van der Waals surface area contributed by atoms with Crippen LogP contribution in [-0.4, -0.2) is 31.2 Å². The maximum absolute atomic E-state index is 12.4. The number of rotatable bonds is 1. The van der Waals surface area contributed by atoms with Crippen LogP contribution >= 0.6 is 24.8 Å². The normalized spacial score (nSPS) is 15.6. The van der Waals surface area contributed by atoms with Gasteiger partial charge in [0, 0.05) is 38.1 Å². The van der Waals surface area contributed by atoms with Crippen molar-refractivity contribution in [1.29, 1.82) is 0 Å². The van der Waals surface area contributed by atoms with Crippen molar-refractivity contribution in [2.75, 3.05) is 31.1 Å². The molecule has 2 heterocycles. The fourth-order valence-corrected chi connectivity index (χ4v) is 1.69. The van der Waals surface area contributed by atoms with Gasteiger partial charge in [-0.05, 0) is 12.1 Å². The van der Waals surface area contributed by atoms with Crippen molar-refractivity contribution >= 4 is 30.5 Å². The number of pyridine rings is 1. The molecule has 1 N–H and O–H groups in total. The maximum Gasteiger partial charge on any atom is 0.433 e. The SMILES string of the molecule is Cl.Cl.FC(F)(F)c1cc(N2CCNCC2)ccn1. The second-order valence-corrected chi connectivity index (χ2v) is 3.63. The molecule has 104 valence electrons.